The molecule has 8 heteroatoms. The van der Waals surface area contributed by atoms with Gasteiger partial charge in [0.1, 0.15) is 23.1 Å². The van der Waals surface area contributed by atoms with Crippen molar-refractivity contribution in [2.24, 2.45) is 0 Å². The summed E-state index contributed by atoms with van der Waals surface area (Å²) in [6.07, 6.45) is 1.52. The first-order valence-electron chi connectivity index (χ1n) is 8.27. The molecule has 0 saturated heterocycles. The molecule has 0 radical (unpaired) electrons. The van der Waals surface area contributed by atoms with Crippen molar-refractivity contribution in [3.05, 3.63) is 72.3 Å². The summed E-state index contributed by atoms with van der Waals surface area (Å²) < 4.78 is 24.7. The number of halogens is 1. The van der Waals surface area contributed by atoms with Crippen LogP contribution < -0.4 is 14.8 Å². The lowest BCUT2D eigenvalue weighted by atomic mass is 10.3. The van der Waals surface area contributed by atoms with Crippen LogP contribution in [0.3, 0.4) is 0 Å². The number of amides is 1. The molecule has 4 aromatic rings. The number of rotatable bonds is 5. The number of methoxy groups -OCH3 is 1. The minimum absolute atomic E-state index is 0.185. The molecule has 2 heterocycles. The fourth-order valence-electron chi connectivity index (χ4n) is 2.54. The van der Waals surface area contributed by atoms with Gasteiger partial charge >= 0.3 is 0 Å². The Kier molecular flexibility index (Phi) is 4.86. The Balaban J connectivity index is 1.54. The lowest BCUT2D eigenvalue weighted by Crippen LogP contribution is -2.14. The van der Waals surface area contributed by atoms with Crippen molar-refractivity contribution in [2.75, 3.05) is 12.4 Å². The van der Waals surface area contributed by atoms with Crippen LogP contribution in [-0.2, 0) is 0 Å². The first-order valence-corrected chi connectivity index (χ1v) is 9.08. The molecule has 2 aromatic heterocycles. The Bertz CT molecular complexity index is 1150. The first kappa shape index (κ1) is 17.9. The molecule has 140 valence electrons. The van der Waals surface area contributed by atoms with Gasteiger partial charge in [-0.1, -0.05) is 11.3 Å². The van der Waals surface area contributed by atoms with Gasteiger partial charge in [-0.05, 0) is 48.5 Å². The van der Waals surface area contributed by atoms with Crippen molar-refractivity contribution in [2.45, 2.75) is 0 Å². The number of carbonyl (C=O) groups is 1. The van der Waals surface area contributed by atoms with Crippen LogP contribution in [0.1, 0.15) is 10.5 Å². The third kappa shape index (κ3) is 3.77. The van der Waals surface area contributed by atoms with E-state index < -0.39 is 5.91 Å². The highest BCUT2D eigenvalue weighted by atomic mass is 32.1. The quantitative estimate of drug-likeness (QED) is 0.521. The third-order valence-corrected chi connectivity index (χ3v) is 4.77. The molecule has 0 aliphatic carbocycles. The number of thiazole rings is 1. The van der Waals surface area contributed by atoms with Crippen LogP contribution in [0, 0.1) is 5.82 Å². The van der Waals surface area contributed by atoms with E-state index in [1.165, 1.54) is 36.8 Å². The predicted molar refractivity (Wildman–Crippen MR) is 105 cm³/mol. The van der Waals surface area contributed by atoms with E-state index in [-0.39, 0.29) is 11.5 Å². The topological polar surface area (TPSA) is 73.3 Å². The van der Waals surface area contributed by atoms with Gasteiger partial charge < -0.3 is 9.47 Å². The van der Waals surface area contributed by atoms with Gasteiger partial charge in [-0.15, -0.1) is 0 Å². The molecule has 0 saturated carbocycles. The normalized spacial score (nSPS) is 10.6. The van der Waals surface area contributed by atoms with Gasteiger partial charge in [-0.3, -0.25) is 10.1 Å². The molecule has 0 bridgehead atoms. The zero-order valence-corrected chi connectivity index (χ0v) is 15.5. The van der Waals surface area contributed by atoms with E-state index in [0.29, 0.717) is 22.4 Å². The fourth-order valence-corrected chi connectivity index (χ4v) is 3.43. The number of fused-ring (bicyclic) bond motifs is 1. The van der Waals surface area contributed by atoms with Crippen LogP contribution in [-0.4, -0.2) is 23.0 Å². The van der Waals surface area contributed by atoms with E-state index in [0.717, 1.165) is 10.2 Å². The lowest BCUT2D eigenvalue weighted by molar-refractivity contribution is 0.101. The van der Waals surface area contributed by atoms with E-state index in [1.54, 1.807) is 36.4 Å². The summed E-state index contributed by atoms with van der Waals surface area (Å²) in [4.78, 5) is 20.9. The van der Waals surface area contributed by atoms with Crippen LogP contribution >= 0.6 is 11.3 Å². The Morgan fingerprint density at radius 1 is 1.11 bits per heavy atom. The number of carbonyl (C=O) groups excluding carboxylic acids is 1. The van der Waals surface area contributed by atoms with Crippen LogP contribution in [0.4, 0.5) is 9.52 Å². The highest BCUT2D eigenvalue weighted by Gasteiger charge is 2.16. The second-order valence-corrected chi connectivity index (χ2v) is 6.74. The standard InChI is InChI=1S/C20H14FN3O3S/c1-26-16-3-2-10-22-18(16)19(25)24-20-23-15-9-8-14(11-17(15)28-20)27-13-6-4-12(21)5-7-13/h2-11H,1H3,(H,23,24,25). The molecule has 0 aliphatic heterocycles. The van der Waals surface area contributed by atoms with E-state index in [9.17, 15) is 9.18 Å². The number of nitrogens with one attached hydrogen (secondary N) is 1. The van der Waals surface area contributed by atoms with Gasteiger partial charge in [0.05, 0.1) is 17.3 Å². The molecule has 4 rings (SSSR count). The maximum Gasteiger partial charge on any atom is 0.279 e. The number of nitrogens with zero attached hydrogens (tertiary/aromatic N) is 2. The highest BCUT2D eigenvalue weighted by Crippen LogP contribution is 2.31. The average molecular weight is 395 g/mol. The summed E-state index contributed by atoms with van der Waals surface area (Å²) in [5.74, 6) is 0.777. The molecular weight excluding hydrogens is 381 g/mol. The molecule has 6 nitrogen and oxygen atoms in total. The molecule has 0 fully saturated rings. The maximum absolute atomic E-state index is 13.0. The summed E-state index contributed by atoms with van der Waals surface area (Å²) in [6, 6.07) is 14.5. The van der Waals surface area contributed by atoms with Crippen molar-refractivity contribution in [3.8, 4) is 17.2 Å². The van der Waals surface area contributed by atoms with Gasteiger partial charge in [0, 0.05) is 12.3 Å². The molecule has 2 aromatic carbocycles. The second-order valence-electron chi connectivity index (χ2n) is 5.71. The second kappa shape index (κ2) is 7.61. The van der Waals surface area contributed by atoms with E-state index in [2.05, 4.69) is 15.3 Å². The number of ether oxygens (including phenoxy) is 2. The van der Waals surface area contributed by atoms with Gasteiger partial charge in [0.25, 0.3) is 5.91 Å². The van der Waals surface area contributed by atoms with Gasteiger partial charge in [0.15, 0.2) is 10.8 Å². The fraction of sp³-hybridized carbons (Fsp3) is 0.0500. The van der Waals surface area contributed by atoms with E-state index in [4.69, 9.17) is 9.47 Å². The molecule has 1 N–H and O–H groups in total. The minimum Gasteiger partial charge on any atom is -0.494 e. The Morgan fingerprint density at radius 2 is 1.89 bits per heavy atom. The molecule has 0 unspecified atom stereocenters. The summed E-state index contributed by atoms with van der Waals surface area (Å²) >= 11 is 1.31. The predicted octanol–water partition coefficient (Wildman–Crippen LogP) is 4.88. The summed E-state index contributed by atoms with van der Waals surface area (Å²) in [6.45, 7) is 0. The summed E-state index contributed by atoms with van der Waals surface area (Å²) in [7, 11) is 1.48. The smallest absolute Gasteiger partial charge is 0.279 e. The lowest BCUT2D eigenvalue weighted by Gasteiger charge is -2.05. The van der Waals surface area contributed by atoms with Crippen LogP contribution in [0.5, 0.6) is 17.2 Å². The summed E-state index contributed by atoms with van der Waals surface area (Å²) in [5, 5.41) is 3.18. The molecule has 28 heavy (non-hydrogen) atoms. The monoisotopic (exact) mass is 395 g/mol. The number of hydrogen-bond donors (Lipinski definition) is 1. The van der Waals surface area contributed by atoms with Gasteiger partial charge in [0.2, 0.25) is 0 Å². The molecular formula is C20H14FN3O3S. The van der Waals surface area contributed by atoms with Crippen molar-refractivity contribution >= 4 is 32.6 Å². The number of hydrogen-bond acceptors (Lipinski definition) is 6. The number of pyridine rings is 1. The Hall–Kier alpha value is -3.52. The SMILES string of the molecule is COc1cccnc1C(=O)Nc1nc2ccc(Oc3ccc(F)cc3)cc2s1. The minimum atomic E-state index is -0.403. The Labute approximate surface area is 163 Å². The largest absolute Gasteiger partial charge is 0.494 e. The van der Waals surface area contributed by atoms with Gasteiger partial charge in [-0.25, -0.2) is 14.4 Å². The zero-order valence-electron chi connectivity index (χ0n) is 14.7. The van der Waals surface area contributed by atoms with E-state index in [1.807, 2.05) is 6.07 Å². The van der Waals surface area contributed by atoms with Crippen molar-refractivity contribution < 1.29 is 18.7 Å². The molecule has 0 aliphatic rings. The van der Waals surface area contributed by atoms with Crippen LogP contribution in [0.2, 0.25) is 0 Å². The van der Waals surface area contributed by atoms with Crippen LogP contribution in [0.25, 0.3) is 10.2 Å². The maximum atomic E-state index is 13.0. The third-order valence-electron chi connectivity index (χ3n) is 3.84. The van der Waals surface area contributed by atoms with Gasteiger partial charge in [-0.2, -0.15) is 0 Å². The van der Waals surface area contributed by atoms with Crippen molar-refractivity contribution in [1.29, 1.82) is 0 Å². The molecule has 0 spiro atoms. The number of benzene rings is 2. The molecule has 1 amide bonds. The zero-order chi connectivity index (χ0) is 19.5. The average Bonchev–Trinajstić information content (AvgIpc) is 3.11. The van der Waals surface area contributed by atoms with Crippen LogP contribution in [0.15, 0.2) is 60.8 Å². The highest BCUT2D eigenvalue weighted by molar-refractivity contribution is 7.22. The van der Waals surface area contributed by atoms with E-state index >= 15 is 0 Å². The molecule has 0 atom stereocenters. The summed E-state index contributed by atoms with van der Waals surface area (Å²) in [5.41, 5.74) is 0.907. The van der Waals surface area contributed by atoms with Crippen molar-refractivity contribution in [3.63, 3.8) is 0 Å². The number of anilines is 1. The number of aromatic nitrogens is 2. The first-order chi connectivity index (χ1) is 13.6. The van der Waals surface area contributed by atoms with Crippen molar-refractivity contribution in [1.82, 2.24) is 9.97 Å². The Morgan fingerprint density at radius 3 is 2.68 bits per heavy atom.